The summed E-state index contributed by atoms with van der Waals surface area (Å²) in [5.74, 6) is 0.0111. The Morgan fingerprint density at radius 3 is 2.88 bits per heavy atom. The molecule has 0 aromatic rings. The number of carbonyl (C=O) groups excluding carboxylic acids is 1. The zero-order valence-corrected chi connectivity index (χ0v) is 10.6. The monoisotopic (exact) mass is 229 g/mol. The van der Waals surface area contributed by atoms with E-state index < -0.39 is 0 Å². The van der Waals surface area contributed by atoms with E-state index in [2.05, 4.69) is 4.90 Å². The highest BCUT2D eigenvalue weighted by molar-refractivity contribution is 5.72. The fourth-order valence-corrected chi connectivity index (χ4v) is 2.00. The second kappa shape index (κ2) is 6.86. The Morgan fingerprint density at radius 2 is 2.25 bits per heavy atom. The summed E-state index contributed by atoms with van der Waals surface area (Å²) in [6, 6.07) is 0. The fraction of sp³-hybridized carbons (Fsp3) is 0.917. The first-order chi connectivity index (χ1) is 7.63. The van der Waals surface area contributed by atoms with Gasteiger partial charge in [0, 0.05) is 19.7 Å². The summed E-state index contributed by atoms with van der Waals surface area (Å²) in [7, 11) is 1.46. The molecule has 4 nitrogen and oxygen atoms in total. The first-order valence-electron chi connectivity index (χ1n) is 6.05. The van der Waals surface area contributed by atoms with Crippen LogP contribution in [0.1, 0.15) is 26.7 Å². The molecule has 94 valence electrons. The van der Waals surface area contributed by atoms with Crippen molar-refractivity contribution in [3.63, 3.8) is 0 Å². The Balaban J connectivity index is 2.10. The number of methoxy groups -OCH3 is 1. The van der Waals surface area contributed by atoms with E-state index in [1.165, 1.54) is 7.11 Å². The molecule has 0 aromatic carbocycles. The van der Waals surface area contributed by atoms with Gasteiger partial charge in [-0.05, 0) is 33.2 Å². The summed E-state index contributed by atoms with van der Waals surface area (Å²) in [6.07, 6.45) is 2.27. The van der Waals surface area contributed by atoms with E-state index in [4.69, 9.17) is 9.47 Å². The van der Waals surface area contributed by atoms with Crippen LogP contribution in [-0.4, -0.2) is 50.3 Å². The zero-order chi connectivity index (χ0) is 12.0. The highest BCUT2D eigenvalue weighted by Crippen LogP contribution is 2.17. The Morgan fingerprint density at radius 1 is 1.50 bits per heavy atom. The molecule has 1 unspecified atom stereocenters. The van der Waals surface area contributed by atoms with Gasteiger partial charge in [0.1, 0.15) is 0 Å². The van der Waals surface area contributed by atoms with Crippen molar-refractivity contribution in [1.82, 2.24) is 4.90 Å². The fourth-order valence-electron chi connectivity index (χ4n) is 2.00. The van der Waals surface area contributed by atoms with Gasteiger partial charge in [-0.3, -0.25) is 4.79 Å². The second-order valence-corrected chi connectivity index (χ2v) is 4.58. The van der Waals surface area contributed by atoms with Crippen LogP contribution in [0.3, 0.4) is 0 Å². The molecule has 1 aliphatic heterocycles. The Hall–Kier alpha value is -0.610. The third-order valence-electron chi connectivity index (χ3n) is 2.88. The third-order valence-corrected chi connectivity index (χ3v) is 2.88. The van der Waals surface area contributed by atoms with Crippen LogP contribution in [0, 0.1) is 5.92 Å². The molecule has 16 heavy (non-hydrogen) atoms. The number of ether oxygens (including phenoxy) is 2. The summed E-state index contributed by atoms with van der Waals surface area (Å²) in [6.45, 7) is 7.75. The summed E-state index contributed by atoms with van der Waals surface area (Å²) < 4.78 is 10.2. The van der Waals surface area contributed by atoms with Gasteiger partial charge in [0.25, 0.3) is 0 Å². The van der Waals surface area contributed by atoms with Crippen LogP contribution in [-0.2, 0) is 14.3 Å². The van der Waals surface area contributed by atoms with Crippen molar-refractivity contribution in [2.75, 3.05) is 33.4 Å². The Bertz CT molecular complexity index is 218. The van der Waals surface area contributed by atoms with Crippen molar-refractivity contribution in [2.45, 2.75) is 32.8 Å². The summed E-state index contributed by atoms with van der Waals surface area (Å²) in [4.78, 5) is 13.6. The molecule has 4 heteroatoms. The molecule has 0 saturated carbocycles. The minimum Gasteiger partial charge on any atom is -0.469 e. The molecule has 0 aromatic heterocycles. The molecule has 0 spiro atoms. The van der Waals surface area contributed by atoms with Gasteiger partial charge in [-0.25, -0.2) is 0 Å². The molecule has 0 aliphatic carbocycles. The van der Waals surface area contributed by atoms with Crippen molar-refractivity contribution in [3.8, 4) is 0 Å². The molecular weight excluding hydrogens is 206 g/mol. The van der Waals surface area contributed by atoms with Gasteiger partial charge in [-0.2, -0.15) is 0 Å². The number of hydrogen-bond donors (Lipinski definition) is 0. The highest BCUT2D eigenvalue weighted by atomic mass is 16.5. The van der Waals surface area contributed by atoms with Crippen molar-refractivity contribution in [3.05, 3.63) is 0 Å². The van der Waals surface area contributed by atoms with E-state index in [-0.39, 0.29) is 11.9 Å². The minimum absolute atomic E-state index is 0.0686. The molecule has 0 N–H and O–H groups in total. The number of likely N-dealkylation sites (tertiary alicyclic amines) is 1. The van der Waals surface area contributed by atoms with Crippen LogP contribution in [0.2, 0.25) is 0 Å². The predicted molar refractivity (Wildman–Crippen MR) is 62.3 cm³/mol. The molecule has 1 aliphatic rings. The third kappa shape index (κ3) is 4.49. The van der Waals surface area contributed by atoms with E-state index in [0.29, 0.717) is 6.10 Å². The molecule has 0 bridgehead atoms. The van der Waals surface area contributed by atoms with E-state index in [1.54, 1.807) is 0 Å². The Kier molecular flexibility index (Phi) is 5.77. The van der Waals surface area contributed by atoms with Gasteiger partial charge in [-0.15, -0.1) is 0 Å². The first kappa shape index (κ1) is 13.5. The normalized spacial score (nSPS) is 21.6. The topological polar surface area (TPSA) is 38.8 Å². The lowest BCUT2D eigenvalue weighted by Crippen LogP contribution is -2.25. The molecule has 1 atom stereocenters. The minimum atomic E-state index is -0.0686. The summed E-state index contributed by atoms with van der Waals surface area (Å²) in [5.41, 5.74) is 0. The summed E-state index contributed by atoms with van der Waals surface area (Å²) in [5, 5.41) is 0. The van der Waals surface area contributed by atoms with Crippen LogP contribution in [0.4, 0.5) is 0 Å². The molecule has 0 radical (unpaired) electrons. The van der Waals surface area contributed by atoms with Crippen molar-refractivity contribution in [2.24, 2.45) is 5.92 Å². The number of carbonyl (C=O) groups is 1. The highest BCUT2D eigenvalue weighted by Gasteiger charge is 2.28. The van der Waals surface area contributed by atoms with Gasteiger partial charge in [0.2, 0.25) is 0 Å². The van der Waals surface area contributed by atoms with E-state index >= 15 is 0 Å². The second-order valence-electron chi connectivity index (χ2n) is 4.58. The van der Waals surface area contributed by atoms with Gasteiger partial charge in [-0.1, -0.05) is 0 Å². The van der Waals surface area contributed by atoms with Crippen LogP contribution in [0.25, 0.3) is 0 Å². The van der Waals surface area contributed by atoms with Crippen LogP contribution < -0.4 is 0 Å². The maximum Gasteiger partial charge on any atom is 0.310 e. The van der Waals surface area contributed by atoms with Gasteiger partial charge < -0.3 is 14.4 Å². The zero-order valence-electron chi connectivity index (χ0n) is 10.6. The van der Waals surface area contributed by atoms with Crippen LogP contribution >= 0.6 is 0 Å². The molecule has 1 saturated heterocycles. The average Bonchev–Trinajstić information content (AvgIpc) is 2.71. The maximum atomic E-state index is 11.3. The van der Waals surface area contributed by atoms with Crippen molar-refractivity contribution >= 4 is 5.97 Å². The molecular formula is C12H23NO3. The van der Waals surface area contributed by atoms with Gasteiger partial charge in [0.05, 0.1) is 19.1 Å². The van der Waals surface area contributed by atoms with Gasteiger partial charge >= 0.3 is 5.97 Å². The lowest BCUT2D eigenvalue weighted by molar-refractivity contribution is -0.144. The molecule has 1 rings (SSSR count). The van der Waals surface area contributed by atoms with Crippen molar-refractivity contribution < 1.29 is 14.3 Å². The van der Waals surface area contributed by atoms with Gasteiger partial charge in [0.15, 0.2) is 0 Å². The number of nitrogens with zero attached hydrogens (tertiary/aromatic N) is 1. The van der Waals surface area contributed by atoms with Crippen LogP contribution in [0.5, 0.6) is 0 Å². The van der Waals surface area contributed by atoms with E-state index in [1.807, 2.05) is 13.8 Å². The first-order valence-corrected chi connectivity index (χ1v) is 6.05. The van der Waals surface area contributed by atoms with Crippen LogP contribution in [0.15, 0.2) is 0 Å². The predicted octanol–water partition coefficient (Wildman–Crippen LogP) is 1.30. The van der Waals surface area contributed by atoms with Crippen molar-refractivity contribution in [1.29, 1.82) is 0 Å². The Labute approximate surface area is 97.9 Å². The lowest BCUT2D eigenvalue weighted by Gasteiger charge is -2.15. The lowest BCUT2D eigenvalue weighted by atomic mass is 10.1. The average molecular weight is 229 g/mol. The van der Waals surface area contributed by atoms with E-state index in [0.717, 1.165) is 39.1 Å². The SMILES string of the molecule is COC(=O)C1CCN(CCCOC(C)C)C1. The number of esters is 1. The molecule has 1 heterocycles. The summed E-state index contributed by atoms with van der Waals surface area (Å²) >= 11 is 0. The molecule has 1 fully saturated rings. The number of hydrogen-bond acceptors (Lipinski definition) is 4. The maximum absolute atomic E-state index is 11.3. The van der Waals surface area contributed by atoms with E-state index in [9.17, 15) is 4.79 Å². The molecule has 0 amide bonds. The quantitative estimate of drug-likeness (QED) is 0.508. The number of rotatable bonds is 6. The largest absolute Gasteiger partial charge is 0.469 e. The smallest absolute Gasteiger partial charge is 0.310 e. The standard InChI is InChI=1S/C12H23NO3/c1-10(2)16-8-4-6-13-7-5-11(9-13)12(14)15-3/h10-11H,4-9H2,1-3H3.